The van der Waals surface area contributed by atoms with Crippen molar-refractivity contribution in [3.8, 4) is 0 Å². The van der Waals surface area contributed by atoms with E-state index in [1.54, 1.807) is 4.90 Å². The molecule has 142 valence electrons. The van der Waals surface area contributed by atoms with Gasteiger partial charge in [0.15, 0.2) is 11.6 Å². The molecular weight excluding hydrogens is 343 g/mol. The van der Waals surface area contributed by atoms with Crippen molar-refractivity contribution in [3.05, 3.63) is 46.8 Å². The van der Waals surface area contributed by atoms with E-state index in [0.29, 0.717) is 6.42 Å². The first-order valence-electron chi connectivity index (χ1n) is 8.99. The van der Waals surface area contributed by atoms with Crippen molar-refractivity contribution < 1.29 is 22.7 Å². The number of benzene rings is 1. The molecule has 1 aromatic rings. The number of ether oxygens (including phenoxy) is 1. The number of hydrogen-bond donors (Lipinski definition) is 0. The molecule has 2 atom stereocenters. The van der Waals surface area contributed by atoms with E-state index in [4.69, 9.17) is 4.74 Å². The van der Waals surface area contributed by atoms with Gasteiger partial charge in [-0.05, 0) is 65.0 Å². The van der Waals surface area contributed by atoms with Crippen LogP contribution in [0.2, 0.25) is 0 Å². The molecule has 0 radical (unpaired) electrons. The molecule has 0 aromatic heterocycles. The van der Waals surface area contributed by atoms with Crippen molar-refractivity contribution in [2.45, 2.75) is 70.6 Å². The Morgan fingerprint density at radius 2 is 1.88 bits per heavy atom. The second kappa shape index (κ2) is 6.97. The molecule has 0 aliphatic carbocycles. The third-order valence-corrected chi connectivity index (χ3v) is 4.86. The molecule has 0 spiro atoms. The Kier molecular flexibility index (Phi) is 5.04. The average molecular weight is 367 g/mol. The first-order chi connectivity index (χ1) is 12.2. The summed E-state index contributed by atoms with van der Waals surface area (Å²) in [6.45, 7) is 5.46. The van der Waals surface area contributed by atoms with Gasteiger partial charge in [-0.25, -0.2) is 18.0 Å². The summed E-state index contributed by atoms with van der Waals surface area (Å²) in [5.74, 6) is -2.93. The maximum absolute atomic E-state index is 14.0. The molecule has 26 heavy (non-hydrogen) atoms. The van der Waals surface area contributed by atoms with Gasteiger partial charge in [-0.1, -0.05) is 11.6 Å². The predicted octanol–water partition coefficient (Wildman–Crippen LogP) is 5.13. The lowest BCUT2D eigenvalue weighted by molar-refractivity contribution is -0.00152. The normalized spacial score (nSPS) is 22.8. The van der Waals surface area contributed by atoms with Gasteiger partial charge in [0.25, 0.3) is 0 Å². The predicted molar refractivity (Wildman–Crippen MR) is 92.2 cm³/mol. The van der Waals surface area contributed by atoms with Crippen molar-refractivity contribution >= 4 is 6.09 Å². The van der Waals surface area contributed by atoms with E-state index in [1.165, 1.54) is 0 Å². The van der Waals surface area contributed by atoms with E-state index >= 15 is 0 Å². The Hall–Kier alpha value is -1.98. The lowest BCUT2D eigenvalue weighted by atomic mass is 9.83. The lowest BCUT2D eigenvalue weighted by Crippen LogP contribution is -2.53. The summed E-state index contributed by atoms with van der Waals surface area (Å²) in [5, 5.41) is 0. The van der Waals surface area contributed by atoms with Crippen LogP contribution in [0.3, 0.4) is 0 Å². The van der Waals surface area contributed by atoms with Crippen LogP contribution in [0.4, 0.5) is 18.0 Å². The van der Waals surface area contributed by atoms with Crippen LogP contribution >= 0.6 is 0 Å². The Balaban J connectivity index is 1.83. The summed E-state index contributed by atoms with van der Waals surface area (Å²) in [6, 6.07) is 1.54. The fraction of sp³-hybridized carbons (Fsp3) is 0.550. The number of amides is 1. The highest BCUT2D eigenvalue weighted by atomic mass is 19.2. The van der Waals surface area contributed by atoms with Crippen molar-refractivity contribution in [2.24, 2.45) is 0 Å². The van der Waals surface area contributed by atoms with E-state index in [2.05, 4.69) is 0 Å². The zero-order valence-corrected chi connectivity index (χ0v) is 15.3. The van der Waals surface area contributed by atoms with E-state index in [9.17, 15) is 18.0 Å². The highest BCUT2D eigenvalue weighted by Gasteiger charge is 2.39. The molecule has 1 amide bonds. The average Bonchev–Trinajstić information content (AvgIpc) is 2.52. The number of piperidine rings is 1. The Bertz CT molecular complexity index is 739. The number of carbonyl (C=O) groups is 1. The van der Waals surface area contributed by atoms with Crippen LogP contribution in [0.15, 0.2) is 23.8 Å². The van der Waals surface area contributed by atoms with Gasteiger partial charge in [0.05, 0.1) is 6.04 Å². The summed E-state index contributed by atoms with van der Waals surface area (Å²) >= 11 is 0. The number of rotatable bonds is 2. The number of carbonyl (C=O) groups excluding carboxylic acids is 1. The van der Waals surface area contributed by atoms with Gasteiger partial charge in [0, 0.05) is 11.6 Å². The van der Waals surface area contributed by atoms with Crippen LogP contribution < -0.4 is 0 Å². The molecule has 1 fully saturated rings. The number of halogens is 3. The van der Waals surface area contributed by atoms with E-state index in [0.717, 1.165) is 37.0 Å². The molecule has 2 aliphatic rings. The van der Waals surface area contributed by atoms with Crippen LogP contribution in [0.25, 0.3) is 0 Å². The van der Waals surface area contributed by atoms with Crippen molar-refractivity contribution in [1.29, 1.82) is 0 Å². The smallest absolute Gasteiger partial charge is 0.411 e. The minimum Gasteiger partial charge on any atom is -0.444 e. The maximum atomic E-state index is 14.0. The summed E-state index contributed by atoms with van der Waals surface area (Å²) in [4.78, 5) is 14.3. The van der Waals surface area contributed by atoms with Crippen molar-refractivity contribution in [1.82, 2.24) is 4.90 Å². The van der Waals surface area contributed by atoms with Gasteiger partial charge in [-0.2, -0.15) is 0 Å². The first-order valence-corrected chi connectivity index (χ1v) is 8.99. The van der Waals surface area contributed by atoms with Gasteiger partial charge in [-0.15, -0.1) is 0 Å². The highest BCUT2D eigenvalue weighted by molar-refractivity contribution is 5.70. The molecule has 2 unspecified atom stereocenters. The molecule has 2 aliphatic heterocycles. The number of fused-ring (bicyclic) bond motifs is 2. The van der Waals surface area contributed by atoms with Gasteiger partial charge in [0.2, 0.25) is 0 Å². The minimum absolute atomic E-state index is 0.0184. The lowest BCUT2D eigenvalue weighted by Gasteiger charge is -2.45. The van der Waals surface area contributed by atoms with Gasteiger partial charge in [0.1, 0.15) is 11.4 Å². The summed E-state index contributed by atoms with van der Waals surface area (Å²) < 4.78 is 46.9. The van der Waals surface area contributed by atoms with Gasteiger partial charge < -0.3 is 4.74 Å². The first kappa shape index (κ1) is 18.8. The fourth-order valence-electron chi connectivity index (χ4n) is 3.81. The van der Waals surface area contributed by atoms with Gasteiger partial charge in [-0.3, -0.25) is 4.90 Å². The second-order valence-corrected chi connectivity index (χ2v) is 8.07. The molecule has 0 N–H and O–H groups in total. The second-order valence-electron chi connectivity index (χ2n) is 8.07. The fourth-order valence-corrected chi connectivity index (χ4v) is 3.81. The SMILES string of the molecule is CC(C)(C)OC(=O)N1C2C=C(Cc3c(F)ccc(F)c3F)CC1CCC2. The van der Waals surface area contributed by atoms with Crippen LogP contribution in [-0.4, -0.2) is 28.7 Å². The summed E-state index contributed by atoms with van der Waals surface area (Å²) in [6.07, 6.45) is 4.67. The third kappa shape index (κ3) is 3.89. The Labute approximate surface area is 151 Å². The van der Waals surface area contributed by atoms with Crippen molar-refractivity contribution in [3.63, 3.8) is 0 Å². The largest absolute Gasteiger partial charge is 0.444 e. The number of hydrogen-bond acceptors (Lipinski definition) is 2. The highest BCUT2D eigenvalue weighted by Crippen LogP contribution is 2.36. The maximum Gasteiger partial charge on any atom is 0.411 e. The molecule has 1 saturated heterocycles. The van der Waals surface area contributed by atoms with Crippen molar-refractivity contribution in [2.75, 3.05) is 0 Å². The third-order valence-electron chi connectivity index (χ3n) is 4.86. The van der Waals surface area contributed by atoms with E-state index in [1.807, 2.05) is 26.8 Å². The van der Waals surface area contributed by atoms with Crippen LogP contribution in [0, 0.1) is 17.5 Å². The van der Waals surface area contributed by atoms with Crippen LogP contribution in [0.1, 0.15) is 52.0 Å². The molecule has 3 rings (SSSR count). The van der Waals surface area contributed by atoms with Gasteiger partial charge >= 0.3 is 6.09 Å². The Morgan fingerprint density at radius 1 is 1.19 bits per heavy atom. The number of nitrogens with zero attached hydrogens (tertiary/aromatic N) is 1. The molecule has 2 heterocycles. The topological polar surface area (TPSA) is 29.5 Å². The minimum atomic E-state index is -1.13. The Morgan fingerprint density at radius 3 is 2.54 bits per heavy atom. The van der Waals surface area contributed by atoms with Crippen LogP contribution in [0.5, 0.6) is 0 Å². The molecule has 0 saturated carbocycles. The zero-order valence-electron chi connectivity index (χ0n) is 15.3. The molecule has 1 aromatic carbocycles. The summed E-state index contributed by atoms with van der Waals surface area (Å²) in [5.41, 5.74) is 0.00590. The van der Waals surface area contributed by atoms with E-state index < -0.39 is 23.1 Å². The van der Waals surface area contributed by atoms with E-state index in [-0.39, 0.29) is 30.2 Å². The summed E-state index contributed by atoms with van der Waals surface area (Å²) in [7, 11) is 0. The standard InChI is InChI=1S/C20H24F3NO2/c1-20(2,3)26-19(25)24-13-5-4-6-14(24)10-12(9-13)11-15-16(21)7-8-17(22)18(15)23/h7-9,13-14H,4-6,10-11H2,1-3H3. The van der Waals surface area contributed by atoms with Crippen LogP contribution in [-0.2, 0) is 11.2 Å². The molecule has 3 nitrogen and oxygen atoms in total. The molecule has 2 bridgehead atoms. The quantitative estimate of drug-likeness (QED) is 0.535. The molecular formula is C20H24F3NO2. The zero-order chi connectivity index (χ0) is 19.1. The monoisotopic (exact) mass is 367 g/mol. The molecule has 6 heteroatoms.